The molecule has 1 aromatic heterocycles. The molecule has 1 atom stereocenters. The van der Waals surface area contributed by atoms with Crippen LogP contribution in [0.5, 0.6) is 0 Å². The molecule has 0 spiro atoms. The largest absolute Gasteiger partial charge is 0.241 e. The molecule has 0 saturated carbocycles. The molecule has 3 nitrogen and oxygen atoms in total. The molecule has 0 aliphatic carbocycles. The lowest BCUT2D eigenvalue weighted by atomic mass is 9.90. The average molecular weight is 325 g/mol. The van der Waals surface area contributed by atoms with Crippen molar-refractivity contribution in [3.8, 4) is 11.1 Å². The zero-order valence-corrected chi connectivity index (χ0v) is 14.1. The monoisotopic (exact) mass is 325 g/mol. The molecule has 0 saturated heterocycles. The number of benzene rings is 3. The smallest absolute Gasteiger partial charge is 0.137 e. The first kappa shape index (κ1) is 15.3. The summed E-state index contributed by atoms with van der Waals surface area (Å²) >= 11 is 0. The Morgan fingerprint density at radius 3 is 2.40 bits per heavy atom. The summed E-state index contributed by atoms with van der Waals surface area (Å²) in [6.07, 6.45) is 3.37. The van der Waals surface area contributed by atoms with Gasteiger partial charge in [-0.3, -0.25) is 0 Å². The van der Waals surface area contributed by atoms with Gasteiger partial charge in [0, 0.05) is 0 Å². The Hall–Kier alpha value is -3.20. The van der Waals surface area contributed by atoms with Crippen molar-refractivity contribution in [1.82, 2.24) is 14.8 Å². The molecule has 0 radical (unpaired) electrons. The maximum atomic E-state index is 4.43. The fraction of sp³-hybridized carbons (Fsp3) is 0.0909. The Labute approximate surface area is 147 Å². The van der Waals surface area contributed by atoms with Gasteiger partial charge in [-0.2, -0.15) is 5.10 Å². The quantitative estimate of drug-likeness (QED) is 0.535. The second-order valence-corrected chi connectivity index (χ2v) is 6.15. The van der Waals surface area contributed by atoms with Crippen LogP contribution in [0, 0.1) is 6.92 Å². The van der Waals surface area contributed by atoms with Gasteiger partial charge in [0.2, 0.25) is 0 Å². The normalized spacial score (nSPS) is 12.0. The number of aromatic nitrogens is 3. The number of nitrogens with zero attached hydrogens (tertiary/aromatic N) is 3. The highest BCUT2D eigenvalue weighted by molar-refractivity contribution is 5.69. The predicted molar refractivity (Wildman–Crippen MR) is 100 cm³/mol. The fourth-order valence-electron chi connectivity index (χ4n) is 3.27. The molecule has 0 fully saturated rings. The van der Waals surface area contributed by atoms with E-state index >= 15 is 0 Å². The van der Waals surface area contributed by atoms with Gasteiger partial charge in [0.05, 0.1) is 0 Å². The van der Waals surface area contributed by atoms with E-state index in [0.717, 1.165) is 0 Å². The molecular weight excluding hydrogens is 306 g/mol. The van der Waals surface area contributed by atoms with E-state index in [-0.39, 0.29) is 6.04 Å². The minimum absolute atomic E-state index is 0.0135. The van der Waals surface area contributed by atoms with Crippen LogP contribution in [0.25, 0.3) is 11.1 Å². The van der Waals surface area contributed by atoms with Crippen molar-refractivity contribution >= 4 is 0 Å². The highest BCUT2D eigenvalue weighted by Gasteiger charge is 2.20. The summed E-state index contributed by atoms with van der Waals surface area (Å²) in [4.78, 5) is 4.16. The molecular formula is C22H19N3. The van der Waals surface area contributed by atoms with Crippen molar-refractivity contribution in [1.29, 1.82) is 0 Å². The fourth-order valence-corrected chi connectivity index (χ4v) is 3.27. The maximum Gasteiger partial charge on any atom is 0.137 e. The van der Waals surface area contributed by atoms with E-state index in [0.29, 0.717) is 0 Å². The van der Waals surface area contributed by atoms with Crippen LogP contribution in [-0.2, 0) is 0 Å². The lowest BCUT2D eigenvalue weighted by molar-refractivity contribution is 0.595. The van der Waals surface area contributed by atoms with Gasteiger partial charge in [-0.1, -0.05) is 84.4 Å². The maximum absolute atomic E-state index is 4.43. The Morgan fingerprint density at radius 1 is 0.840 bits per heavy atom. The van der Waals surface area contributed by atoms with E-state index in [1.54, 1.807) is 12.7 Å². The lowest BCUT2D eigenvalue weighted by Crippen LogP contribution is -2.14. The topological polar surface area (TPSA) is 30.7 Å². The molecule has 0 N–H and O–H groups in total. The van der Waals surface area contributed by atoms with Gasteiger partial charge in [0.15, 0.2) is 0 Å². The van der Waals surface area contributed by atoms with Gasteiger partial charge < -0.3 is 0 Å². The minimum atomic E-state index is -0.0135. The number of hydrogen-bond acceptors (Lipinski definition) is 2. The van der Waals surface area contributed by atoms with Gasteiger partial charge in [0.25, 0.3) is 0 Å². The molecule has 3 aromatic carbocycles. The molecule has 0 amide bonds. The van der Waals surface area contributed by atoms with Crippen molar-refractivity contribution in [3.63, 3.8) is 0 Å². The molecule has 0 aliphatic rings. The van der Waals surface area contributed by atoms with Crippen LogP contribution in [-0.4, -0.2) is 14.8 Å². The van der Waals surface area contributed by atoms with Crippen molar-refractivity contribution in [2.75, 3.05) is 0 Å². The van der Waals surface area contributed by atoms with Crippen molar-refractivity contribution < 1.29 is 0 Å². The van der Waals surface area contributed by atoms with E-state index < -0.39 is 0 Å². The molecule has 25 heavy (non-hydrogen) atoms. The van der Waals surface area contributed by atoms with E-state index in [4.69, 9.17) is 0 Å². The first-order chi connectivity index (χ1) is 12.3. The third-order valence-electron chi connectivity index (χ3n) is 4.40. The SMILES string of the molecule is Cc1cccc(-c2ccccc2C(c2ccccc2)n2cncn2)c1. The predicted octanol–water partition coefficient (Wildman–Crippen LogP) is 4.89. The summed E-state index contributed by atoms with van der Waals surface area (Å²) in [5, 5.41) is 4.43. The number of hydrogen-bond donors (Lipinski definition) is 0. The molecule has 0 bridgehead atoms. The van der Waals surface area contributed by atoms with Crippen molar-refractivity contribution in [3.05, 3.63) is 108 Å². The second kappa shape index (κ2) is 6.73. The van der Waals surface area contributed by atoms with Gasteiger partial charge in [-0.25, -0.2) is 9.67 Å². The standard InChI is InChI=1S/C22H19N3/c1-17-8-7-11-19(14-17)20-12-5-6-13-21(20)22(25-16-23-15-24-25)18-9-3-2-4-10-18/h2-16,22H,1H3. The van der Waals surface area contributed by atoms with Gasteiger partial charge in [-0.15, -0.1) is 0 Å². The summed E-state index contributed by atoms with van der Waals surface area (Å²) < 4.78 is 1.92. The van der Waals surface area contributed by atoms with Crippen LogP contribution in [0.2, 0.25) is 0 Å². The van der Waals surface area contributed by atoms with Gasteiger partial charge >= 0.3 is 0 Å². The van der Waals surface area contributed by atoms with Gasteiger partial charge in [0.1, 0.15) is 18.7 Å². The highest BCUT2D eigenvalue weighted by atomic mass is 15.3. The van der Waals surface area contributed by atoms with E-state index in [1.165, 1.54) is 27.8 Å². The highest BCUT2D eigenvalue weighted by Crippen LogP contribution is 2.34. The molecule has 4 rings (SSSR count). The van der Waals surface area contributed by atoms with E-state index in [9.17, 15) is 0 Å². The molecule has 1 unspecified atom stereocenters. The average Bonchev–Trinajstić information content (AvgIpc) is 3.18. The van der Waals surface area contributed by atoms with Crippen LogP contribution in [0.3, 0.4) is 0 Å². The van der Waals surface area contributed by atoms with Crippen LogP contribution >= 0.6 is 0 Å². The Bertz CT molecular complexity index is 960. The first-order valence-corrected chi connectivity index (χ1v) is 8.38. The molecule has 1 heterocycles. The van der Waals surface area contributed by atoms with E-state index in [1.807, 2.05) is 10.7 Å². The molecule has 0 aliphatic heterocycles. The summed E-state index contributed by atoms with van der Waals surface area (Å²) in [5.41, 5.74) is 6.09. The van der Waals surface area contributed by atoms with Crippen LogP contribution in [0.1, 0.15) is 22.7 Å². The second-order valence-electron chi connectivity index (χ2n) is 6.15. The zero-order chi connectivity index (χ0) is 17.1. The Kier molecular flexibility index (Phi) is 4.13. The molecule has 3 heteroatoms. The van der Waals surface area contributed by atoms with Crippen LogP contribution < -0.4 is 0 Å². The third-order valence-corrected chi connectivity index (χ3v) is 4.40. The molecule has 4 aromatic rings. The zero-order valence-electron chi connectivity index (χ0n) is 14.1. The Balaban J connectivity index is 1.92. The van der Waals surface area contributed by atoms with Crippen molar-refractivity contribution in [2.45, 2.75) is 13.0 Å². The van der Waals surface area contributed by atoms with Gasteiger partial charge in [-0.05, 0) is 29.2 Å². The van der Waals surface area contributed by atoms with E-state index in [2.05, 4.69) is 89.8 Å². The molecule has 122 valence electrons. The first-order valence-electron chi connectivity index (χ1n) is 8.38. The number of aryl methyl sites for hydroxylation is 1. The van der Waals surface area contributed by atoms with Crippen LogP contribution in [0.4, 0.5) is 0 Å². The summed E-state index contributed by atoms with van der Waals surface area (Å²) in [6.45, 7) is 2.12. The Morgan fingerprint density at radius 2 is 1.64 bits per heavy atom. The summed E-state index contributed by atoms with van der Waals surface area (Å²) in [5.74, 6) is 0. The lowest BCUT2D eigenvalue weighted by Gasteiger charge is -2.21. The third kappa shape index (κ3) is 3.09. The van der Waals surface area contributed by atoms with Crippen molar-refractivity contribution in [2.24, 2.45) is 0 Å². The van der Waals surface area contributed by atoms with Crippen LogP contribution in [0.15, 0.2) is 91.5 Å². The number of rotatable bonds is 4. The minimum Gasteiger partial charge on any atom is -0.241 e. The summed E-state index contributed by atoms with van der Waals surface area (Å²) in [6, 6.07) is 27.6. The summed E-state index contributed by atoms with van der Waals surface area (Å²) in [7, 11) is 0.